The van der Waals surface area contributed by atoms with Gasteiger partial charge in [-0.3, -0.25) is 9.59 Å². The Labute approximate surface area is 101 Å². The van der Waals surface area contributed by atoms with E-state index in [1.807, 2.05) is 19.2 Å². The Kier molecular flexibility index (Phi) is 5.26. The van der Waals surface area contributed by atoms with Crippen molar-refractivity contribution in [1.82, 2.24) is 15.6 Å². The van der Waals surface area contributed by atoms with Crippen LogP contribution in [-0.4, -0.2) is 29.9 Å². The molecule has 0 radical (unpaired) electrons. The summed E-state index contributed by atoms with van der Waals surface area (Å²) >= 11 is 0. The molecule has 0 bridgehead atoms. The lowest BCUT2D eigenvalue weighted by atomic mass is 10.2. The molecule has 0 unspecified atom stereocenters. The first-order chi connectivity index (χ1) is 8.08. The molecule has 0 aliphatic carbocycles. The van der Waals surface area contributed by atoms with E-state index in [0.717, 1.165) is 5.69 Å². The van der Waals surface area contributed by atoms with E-state index in [-0.39, 0.29) is 11.8 Å². The molecular formula is C12H19N3O2. The molecule has 1 aromatic rings. The number of rotatable bonds is 6. The van der Waals surface area contributed by atoms with Crippen LogP contribution in [0.1, 0.15) is 24.6 Å². The molecule has 0 saturated heterocycles. The number of carbonyl (C=O) groups is 2. The number of H-pyrrole nitrogens is 1. The van der Waals surface area contributed by atoms with Gasteiger partial charge in [0.25, 0.3) is 0 Å². The first kappa shape index (κ1) is 13.3. The highest BCUT2D eigenvalue weighted by atomic mass is 16.2. The molecule has 1 aromatic heterocycles. The van der Waals surface area contributed by atoms with Crippen LogP contribution >= 0.6 is 0 Å². The Hall–Kier alpha value is -1.78. The summed E-state index contributed by atoms with van der Waals surface area (Å²) in [5, 5.41) is 5.37. The predicted octanol–water partition coefficient (Wildman–Crippen LogP) is 0.508. The lowest BCUT2D eigenvalue weighted by molar-refractivity contribution is -0.122. The molecular weight excluding hydrogens is 218 g/mol. The molecule has 0 aromatic carbocycles. The molecule has 0 aliphatic rings. The van der Waals surface area contributed by atoms with E-state index in [1.54, 1.807) is 0 Å². The largest absolute Gasteiger partial charge is 0.365 e. The number of hydrogen-bond donors (Lipinski definition) is 3. The number of aryl methyl sites for hydroxylation is 2. The van der Waals surface area contributed by atoms with Crippen LogP contribution in [0.5, 0.6) is 0 Å². The van der Waals surface area contributed by atoms with Gasteiger partial charge in [-0.25, -0.2) is 0 Å². The fourth-order valence-electron chi connectivity index (χ4n) is 1.49. The summed E-state index contributed by atoms with van der Waals surface area (Å²) in [6.45, 7) is 4.41. The van der Waals surface area contributed by atoms with Crippen molar-refractivity contribution in [2.45, 2.75) is 26.7 Å². The molecule has 0 saturated carbocycles. The standard InChI is InChI=1S/C12H19N3O2/c1-9-7-11(15-8-9)3-4-12(17)14-6-5-13-10(2)16/h7-8,15H,3-6H2,1-2H3,(H,13,16)(H,14,17). The zero-order chi connectivity index (χ0) is 12.7. The Bertz CT molecular complexity index is 385. The van der Waals surface area contributed by atoms with Crippen molar-refractivity contribution in [3.63, 3.8) is 0 Å². The van der Waals surface area contributed by atoms with Crippen LogP contribution in [0, 0.1) is 6.92 Å². The first-order valence-electron chi connectivity index (χ1n) is 5.73. The fourth-order valence-corrected chi connectivity index (χ4v) is 1.49. The van der Waals surface area contributed by atoms with E-state index in [0.29, 0.717) is 25.9 Å². The summed E-state index contributed by atoms with van der Waals surface area (Å²) in [4.78, 5) is 25.1. The highest BCUT2D eigenvalue weighted by molar-refractivity contribution is 5.76. The first-order valence-corrected chi connectivity index (χ1v) is 5.73. The van der Waals surface area contributed by atoms with E-state index in [9.17, 15) is 9.59 Å². The summed E-state index contributed by atoms with van der Waals surface area (Å²) in [6, 6.07) is 2.03. The number of hydrogen-bond acceptors (Lipinski definition) is 2. The van der Waals surface area contributed by atoms with E-state index in [1.165, 1.54) is 12.5 Å². The Morgan fingerprint density at radius 2 is 2.00 bits per heavy atom. The van der Waals surface area contributed by atoms with Crippen molar-refractivity contribution in [2.75, 3.05) is 13.1 Å². The molecule has 0 spiro atoms. The van der Waals surface area contributed by atoms with Crippen LogP contribution in [0.25, 0.3) is 0 Å². The second-order valence-corrected chi connectivity index (χ2v) is 4.04. The second-order valence-electron chi connectivity index (χ2n) is 4.04. The van der Waals surface area contributed by atoms with Crippen molar-refractivity contribution in [3.8, 4) is 0 Å². The van der Waals surface area contributed by atoms with Crippen LogP contribution in [-0.2, 0) is 16.0 Å². The van der Waals surface area contributed by atoms with E-state index in [2.05, 4.69) is 15.6 Å². The van der Waals surface area contributed by atoms with Gasteiger partial charge in [-0.2, -0.15) is 0 Å². The minimum absolute atomic E-state index is 0.00241. The van der Waals surface area contributed by atoms with Gasteiger partial charge in [-0.1, -0.05) is 0 Å². The van der Waals surface area contributed by atoms with Gasteiger partial charge in [0.2, 0.25) is 11.8 Å². The van der Waals surface area contributed by atoms with Crippen LogP contribution in [0.3, 0.4) is 0 Å². The van der Waals surface area contributed by atoms with Gasteiger partial charge in [0.05, 0.1) is 0 Å². The topological polar surface area (TPSA) is 74.0 Å². The predicted molar refractivity (Wildman–Crippen MR) is 65.5 cm³/mol. The maximum atomic E-state index is 11.4. The Morgan fingerprint density at radius 3 is 2.59 bits per heavy atom. The zero-order valence-electron chi connectivity index (χ0n) is 10.3. The fraction of sp³-hybridized carbons (Fsp3) is 0.500. The molecule has 0 aliphatic heterocycles. The van der Waals surface area contributed by atoms with Gasteiger partial charge >= 0.3 is 0 Å². The summed E-state index contributed by atoms with van der Waals surface area (Å²) in [5.74, 6) is -0.0799. The van der Waals surface area contributed by atoms with E-state index in [4.69, 9.17) is 0 Å². The lowest BCUT2D eigenvalue weighted by Gasteiger charge is -2.05. The highest BCUT2D eigenvalue weighted by Crippen LogP contribution is 2.03. The van der Waals surface area contributed by atoms with Gasteiger partial charge in [-0.15, -0.1) is 0 Å². The van der Waals surface area contributed by atoms with E-state index >= 15 is 0 Å². The number of aromatic nitrogens is 1. The summed E-state index contributed by atoms with van der Waals surface area (Å²) < 4.78 is 0. The molecule has 5 heteroatoms. The summed E-state index contributed by atoms with van der Waals surface area (Å²) in [5.41, 5.74) is 2.24. The van der Waals surface area contributed by atoms with Crippen molar-refractivity contribution in [2.24, 2.45) is 0 Å². The number of amides is 2. The Balaban J connectivity index is 2.11. The van der Waals surface area contributed by atoms with Gasteiger partial charge in [0.1, 0.15) is 0 Å². The minimum atomic E-state index is -0.0823. The molecule has 2 amide bonds. The van der Waals surface area contributed by atoms with Gasteiger partial charge in [-0.05, 0) is 25.0 Å². The second kappa shape index (κ2) is 6.73. The minimum Gasteiger partial charge on any atom is -0.365 e. The molecule has 94 valence electrons. The molecule has 1 heterocycles. The quantitative estimate of drug-likeness (QED) is 0.631. The third-order valence-electron chi connectivity index (χ3n) is 2.33. The summed E-state index contributed by atoms with van der Waals surface area (Å²) in [6.07, 6.45) is 3.09. The highest BCUT2D eigenvalue weighted by Gasteiger charge is 2.02. The Morgan fingerprint density at radius 1 is 1.29 bits per heavy atom. The number of nitrogens with one attached hydrogen (secondary N) is 3. The summed E-state index contributed by atoms with van der Waals surface area (Å²) in [7, 11) is 0. The molecule has 0 fully saturated rings. The third-order valence-corrected chi connectivity index (χ3v) is 2.33. The van der Waals surface area contributed by atoms with Crippen LogP contribution in [0.4, 0.5) is 0 Å². The zero-order valence-corrected chi connectivity index (χ0v) is 10.3. The van der Waals surface area contributed by atoms with Crippen LogP contribution in [0.15, 0.2) is 12.3 Å². The number of carbonyl (C=O) groups excluding carboxylic acids is 2. The number of aromatic amines is 1. The average Bonchev–Trinajstić information content (AvgIpc) is 2.67. The molecule has 0 atom stereocenters. The molecule has 3 N–H and O–H groups in total. The average molecular weight is 237 g/mol. The van der Waals surface area contributed by atoms with Crippen molar-refractivity contribution < 1.29 is 9.59 Å². The molecule has 5 nitrogen and oxygen atoms in total. The smallest absolute Gasteiger partial charge is 0.220 e. The molecule has 1 rings (SSSR count). The van der Waals surface area contributed by atoms with Crippen molar-refractivity contribution in [3.05, 3.63) is 23.5 Å². The maximum Gasteiger partial charge on any atom is 0.220 e. The van der Waals surface area contributed by atoms with E-state index < -0.39 is 0 Å². The monoisotopic (exact) mass is 237 g/mol. The van der Waals surface area contributed by atoms with Crippen molar-refractivity contribution in [1.29, 1.82) is 0 Å². The van der Waals surface area contributed by atoms with Gasteiger partial charge in [0, 0.05) is 38.3 Å². The third kappa shape index (κ3) is 5.75. The van der Waals surface area contributed by atoms with Gasteiger partial charge < -0.3 is 15.6 Å². The van der Waals surface area contributed by atoms with Gasteiger partial charge in [0.15, 0.2) is 0 Å². The SMILES string of the molecule is CC(=O)NCCNC(=O)CCc1cc(C)c[nH]1. The molecule has 17 heavy (non-hydrogen) atoms. The normalized spacial score (nSPS) is 10.0. The van der Waals surface area contributed by atoms with Crippen LogP contribution < -0.4 is 10.6 Å². The van der Waals surface area contributed by atoms with Crippen LogP contribution in [0.2, 0.25) is 0 Å². The lowest BCUT2D eigenvalue weighted by Crippen LogP contribution is -2.33. The maximum absolute atomic E-state index is 11.4. The van der Waals surface area contributed by atoms with Crippen molar-refractivity contribution >= 4 is 11.8 Å².